The maximum atomic E-state index is 12.8. The lowest BCUT2D eigenvalue weighted by atomic mass is 10.1. The van der Waals surface area contributed by atoms with Crippen LogP contribution in [0.2, 0.25) is 0 Å². The van der Waals surface area contributed by atoms with Crippen molar-refractivity contribution in [3.63, 3.8) is 0 Å². The minimum absolute atomic E-state index is 0.123. The Morgan fingerprint density at radius 1 is 0.300 bits per heavy atom. The molecule has 0 saturated heterocycles. The number of carbonyl (C=O) groups is 3. The first-order chi connectivity index (χ1) is 34.5. The highest BCUT2D eigenvalue weighted by atomic mass is 16.6. The minimum Gasteiger partial charge on any atom is -0.462 e. The second-order valence-corrected chi connectivity index (χ2v) is 17.4. The van der Waals surface area contributed by atoms with Gasteiger partial charge in [0, 0.05) is 19.3 Å². The third-order valence-electron chi connectivity index (χ3n) is 10.7. The summed E-state index contributed by atoms with van der Waals surface area (Å²) in [5.74, 6) is -1.04. The van der Waals surface area contributed by atoms with Crippen LogP contribution in [0.3, 0.4) is 0 Å². The van der Waals surface area contributed by atoms with E-state index in [0.717, 1.165) is 148 Å². The highest BCUT2D eigenvalue weighted by molar-refractivity contribution is 5.71. The molecule has 0 rings (SSSR count). The van der Waals surface area contributed by atoms with Crippen molar-refractivity contribution in [3.05, 3.63) is 158 Å². The van der Waals surface area contributed by atoms with E-state index in [-0.39, 0.29) is 37.5 Å². The Morgan fingerprint density at radius 3 is 0.943 bits per heavy atom. The van der Waals surface area contributed by atoms with Crippen LogP contribution in [0.15, 0.2) is 158 Å². The molecule has 0 heterocycles. The number of hydrogen-bond donors (Lipinski definition) is 0. The Hall–Kier alpha value is -4.97. The number of allylic oxidation sites excluding steroid dienone is 26. The molecule has 0 fully saturated rings. The average Bonchev–Trinajstić information content (AvgIpc) is 3.36. The Bertz CT molecular complexity index is 1620. The summed E-state index contributed by atoms with van der Waals surface area (Å²) in [6, 6.07) is 0. The van der Waals surface area contributed by atoms with E-state index in [2.05, 4.69) is 179 Å². The molecule has 0 aliphatic carbocycles. The van der Waals surface area contributed by atoms with Crippen LogP contribution in [0.5, 0.6) is 0 Å². The van der Waals surface area contributed by atoms with E-state index in [0.29, 0.717) is 19.3 Å². The first-order valence-corrected chi connectivity index (χ1v) is 27.5. The molecule has 0 aromatic heterocycles. The second kappa shape index (κ2) is 56.6. The van der Waals surface area contributed by atoms with Crippen LogP contribution in [0, 0.1) is 0 Å². The molecule has 0 amide bonds. The molecule has 0 aromatic carbocycles. The number of unbranched alkanes of at least 4 members (excludes halogenated alkanes) is 10. The largest absolute Gasteiger partial charge is 0.462 e. The summed E-state index contributed by atoms with van der Waals surface area (Å²) < 4.78 is 16.7. The molecule has 0 aliphatic heterocycles. The van der Waals surface area contributed by atoms with Crippen molar-refractivity contribution < 1.29 is 28.6 Å². The van der Waals surface area contributed by atoms with Gasteiger partial charge < -0.3 is 14.2 Å². The predicted octanol–water partition coefficient (Wildman–Crippen LogP) is 18.6. The lowest BCUT2D eigenvalue weighted by Gasteiger charge is -2.18. The number of rotatable bonds is 47. The second-order valence-electron chi connectivity index (χ2n) is 17.4. The summed E-state index contributed by atoms with van der Waals surface area (Å²) in [6.07, 6.45) is 82.4. The fourth-order valence-electron chi connectivity index (χ4n) is 6.69. The molecule has 70 heavy (non-hydrogen) atoms. The smallest absolute Gasteiger partial charge is 0.306 e. The van der Waals surface area contributed by atoms with Gasteiger partial charge in [-0.25, -0.2) is 0 Å². The lowest BCUT2D eigenvalue weighted by molar-refractivity contribution is -0.167. The Balaban J connectivity index is 4.49. The van der Waals surface area contributed by atoms with Crippen molar-refractivity contribution in [2.45, 2.75) is 213 Å². The van der Waals surface area contributed by atoms with Crippen LogP contribution in [0.25, 0.3) is 0 Å². The lowest BCUT2D eigenvalue weighted by Crippen LogP contribution is -2.30. The van der Waals surface area contributed by atoms with Crippen molar-refractivity contribution in [3.8, 4) is 0 Å². The molecule has 0 aromatic rings. The third kappa shape index (κ3) is 54.0. The molecule has 1 unspecified atom stereocenters. The standard InChI is InChI=1S/C64H98O6/c1-4-7-10-13-16-19-22-24-26-28-29-30-31-32-33-34-35-37-38-40-42-45-48-51-54-57-63(66)69-60-61(59-68-62(65)56-53-50-47-44-21-18-15-12-9-6-3)70-64(67)58-55-52-49-46-43-41-39-36-27-25-23-20-17-14-11-8-5-2/h7-8,10-12,15-17,19-20,24-27,29-30,32-33,35,37,39-42,46,49,61H,4-6,9,13-14,18,21-23,28,31,34,36,38,43-45,47-48,50-60H2,1-3H3/b10-7-,11-8-,15-12-,19-16-,20-17-,26-24-,27-25-,30-29-,33-32-,37-35-,41-39-,42-40-,49-46-. The van der Waals surface area contributed by atoms with Crippen LogP contribution in [0.1, 0.15) is 207 Å². The number of esters is 3. The van der Waals surface area contributed by atoms with Crippen LogP contribution < -0.4 is 0 Å². The summed E-state index contributed by atoms with van der Waals surface area (Å²) in [4.78, 5) is 38.0. The zero-order valence-electron chi connectivity index (χ0n) is 44.5. The monoisotopic (exact) mass is 963 g/mol. The molecule has 0 saturated carbocycles. The Morgan fingerprint density at radius 2 is 0.571 bits per heavy atom. The molecule has 0 radical (unpaired) electrons. The number of ether oxygens (including phenoxy) is 3. The molecule has 0 spiro atoms. The summed E-state index contributed by atoms with van der Waals surface area (Å²) in [5.41, 5.74) is 0. The fourth-order valence-corrected chi connectivity index (χ4v) is 6.69. The van der Waals surface area contributed by atoms with Gasteiger partial charge in [0.2, 0.25) is 0 Å². The van der Waals surface area contributed by atoms with E-state index >= 15 is 0 Å². The van der Waals surface area contributed by atoms with E-state index in [4.69, 9.17) is 14.2 Å². The van der Waals surface area contributed by atoms with Gasteiger partial charge >= 0.3 is 17.9 Å². The van der Waals surface area contributed by atoms with Crippen LogP contribution in [-0.4, -0.2) is 37.2 Å². The van der Waals surface area contributed by atoms with Gasteiger partial charge in [-0.15, -0.1) is 0 Å². The van der Waals surface area contributed by atoms with E-state index in [9.17, 15) is 14.4 Å². The normalized spacial score (nSPS) is 13.4. The third-order valence-corrected chi connectivity index (χ3v) is 10.7. The highest BCUT2D eigenvalue weighted by Crippen LogP contribution is 2.11. The summed E-state index contributed by atoms with van der Waals surface area (Å²) in [6.45, 7) is 6.24. The van der Waals surface area contributed by atoms with Gasteiger partial charge in [-0.05, 0) is 135 Å². The summed E-state index contributed by atoms with van der Waals surface area (Å²) in [7, 11) is 0. The van der Waals surface area contributed by atoms with Gasteiger partial charge in [0.15, 0.2) is 6.10 Å². The molecule has 390 valence electrons. The van der Waals surface area contributed by atoms with Gasteiger partial charge in [0.1, 0.15) is 13.2 Å². The molecular weight excluding hydrogens is 865 g/mol. The molecule has 6 heteroatoms. The topological polar surface area (TPSA) is 78.9 Å². The first-order valence-electron chi connectivity index (χ1n) is 27.5. The maximum Gasteiger partial charge on any atom is 0.306 e. The summed E-state index contributed by atoms with van der Waals surface area (Å²) in [5, 5.41) is 0. The first kappa shape index (κ1) is 65.0. The van der Waals surface area contributed by atoms with E-state index in [1.807, 2.05) is 0 Å². The van der Waals surface area contributed by atoms with Crippen molar-refractivity contribution >= 4 is 17.9 Å². The molecule has 0 N–H and O–H groups in total. The van der Waals surface area contributed by atoms with Gasteiger partial charge in [-0.2, -0.15) is 0 Å². The predicted molar refractivity (Wildman–Crippen MR) is 302 cm³/mol. The zero-order valence-corrected chi connectivity index (χ0v) is 44.5. The van der Waals surface area contributed by atoms with Gasteiger partial charge in [0.25, 0.3) is 0 Å². The Labute approximate surface area is 429 Å². The molecule has 0 aliphatic rings. The van der Waals surface area contributed by atoms with Crippen LogP contribution in [0.4, 0.5) is 0 Å². The average molecular weight is 963 g/mol. The molecule has 1 atom stereocenters. The van der Waals surface area contributed by atoms with Crippen LogP contribution in [-0.2, 0) is 28.6 Å². The number of hydrogen-bond acceptors (Lipinski definition) is 6. The van der Waals surface area contributed by atoms with Gasteiger partial charge in [-0.3, -0.25) is 14.4 Å². The van der Waals surface area contributed by atoms with Crippen LogP contribution >= 0.6 is 0 Å². The molecular formula is C64H98O6. The quantitative estimate of drug-likeness (QED) is 0.0262. The summed E-state index contributed by atoms with van der Waals surface area (Å²) >= 11 is 0. The maximum absolute atomic E-state index is 12.8. The highest BCUT2D eigenvalue weighted by Gasteiger charge is 2.19. The van der Waals surface area contributed by atoms with Crippen molar-refractivity contribution in [1.29, 1.82) is 0 Å². The van der Waals surface area contributed by atoms with Gasteiger partial charge in [-0.1, -0.05) is 211 Å². The van der Waals surface area contributed by atoms with Crippen molar-refractivity contribution in [2.24, 2.45) is 0 Å². The van der Waals surface area contributed by atoms with E-state index in [1.54, 1.807) is 0 Å². The van der Waals surface area contributed by atoms with Gasteiger partial charge in [0.05, 0.1) is 0 Å². The van der Waals surface area contributed by atoms with E-state index < -0.39 is 6.10 Å². The minimum atomic E-state index is -0.832. The van der Waals surface area contributed by atoms with Crippen molar-refractivity contribution in [2.75, 3.05) is 13.2 Å². The SMILES string of the molecule is CC/C=C\C/C=C\C/C=C\C/C=C\C/C=C\C/C=C\C/C=C\CCCCCC(=O)OCC(COC(=O)CCCCCCC/C=C\CCC)OC(=O)CCC/C=C\C/C=C\C/C=C\C/C=C\C/C=C\CC. The fraction of sp³-hybridized carbons (Fsp3) is 0.547. The van der Waals surface area contributed by atoms with Crippen molar-refractivity contribution in [1.82, 2.24) is 0 Å². The zero-order chi connectivity index (χ0) is 50.7. The Kier molecular flexibility index (Phi) is 52.6. The molecule has 0 bridgehead atoms. The molecule has 6 nitrogen and oxygen atoms in total. The van der Waals surface area contributed by atoms with E-state index in [1.165, 1.54) is 12.8 Å². The number of carbonyl (C=O) groups excluding carboxylic acids is 3.